The lowest BCUT2D eigenvalue weighted by atomic mass is 10.2. The fraction of sp³-hybridized carbons (Fsp3) is 0.188. The van der Waals surface area contributed by atoms with E-state index in [2.05, 4.69) is 10.1 Å². The second kappa shape index (κ2) is 7.42. The van der Waals surface area contributed by atoms with Crippen LogP contribution in [0.4, 0.5) is 5.00 Å². The van der Waals surface area contributed by atoms with Crippen LogP contribution in [0.25, 0.3) is 0 Å². The molecule has 0 bridgehead atoms. The number of rotatable bonds is 5. The molecule has 0 aliphatic rings. The fourth-order valence-corrected chi connectivity index (χ4v) is 2.94. The van der Waals surface area contributed by atoms with E-state index in [0.717, 1.165) is 11.3 Å². The average molecular weight is 330 g/mol. The number of nitriles is 1. The van der Waals surface area contributed by atoms with Gasteiger partial charge in [0.2, 0.25) is 0 Å². The lowest BCUT2D eigenvalue weighted by Crippen LogP contribution is -2.20. The maximum absolute atomic E-state index is 12.0. The largest absolute Gasteiger partial charge is 0.484 e. The minimum atomic E-state index is -0.537. The van der Waals surface area contributed by atoms with Gasteiger partial charge < -0.3 is 14.8 Å². The number of esters is 1. The normalized spacial score (nSPS) is 9.78. The predicted octanol–water partition coefficient (Wildman–Crippen LogP) is 2.73. The van der Waals surface area contributed by atoms with Crippen molar-refractivity contribution in [1.82, 2.24) is 0 Å². The topological polar surface area (TPSA) is 88.4 Å². The number of carbonyl (C=O) groups is 2. The standard InChI is InChI=1S/C16H14N2O4S/c1-10-12(8-17)15(23-14(10)16(20)21-2)18-13(19)9-22-11-6-4-3-5-7-11/h3-7H,9H2,1-2H3,(H,18,19). The molecule has 2 aromatic rings. The van der Waals surface area contributed by atoms with Gasteiger partial charge in [0.15, 0.2) is 6.61 Å². The number of methoxy groups -OCH3 is 1. The van der Waals surface area contributed by atoms with Gasteiger partial charge in [-0.15, -0.1) is 11.3 Å². The van der Waals surface area contributed by atoms with E-state index >= 15 is 0 Å². The number of amides is 1. The van der Waals surface area contributed by atoms with Crippen molar-refractivity contribution in [3.63, 3.8) is 0 Å². The Kier molecular flexibility index (Phi) is 5.33. The lowest BCUT2D eigenvalue weighted by molar-refractivity contribution is -0.118. The summed E-state index contributed by atoms with van der Waals surface area (Å²) in [4.78, 5) is 23.9. The number of para-hydroxylation sites is 1. The van der Waals surface area contributed by atoms with Crippen molar-refractivity contribution in [1.29, 1.82) is 5.26 Å². The summed E-state index contributed by atoms with van der Waals surface area (Å²) >= 11 is 1.01. The van der Waals surface area contributed by atoms with E-state index in [1.807, 2.05) is 12.1 Å². The SMILES string of the molecule is COC(=O)c1sc(NC(=O)COc2ccccc2)c(C#N)c1C. The molecule has 1 N–H and O–H groups in total. The molecule has 23 heavy (non-hydrogen) atoms. The molecule has 1 heterocycles. The number of nitrogens with one attached hydrogen (secondary N) is 1. The van der Waals surface area contributed by atoms with Gasteiger partial charge in [0.25, 0.3) is 5.91 Å². The van der Waals surface area contributed by atoms with E-state index in [0.29, 0.717) is 21.2 Å². The monoisotopic (exact) mass is 330 g/mol. The third kappa shape index (κ3) is 3.87. The van der Waals surface area contributed by atoms with Crippen molar-refractivity contribution in [3.8, 4) is 11.8 Å². The highest BCUT2D eigenvalue weighted by Gasteiger charge is 2.21. The smallest absolute Gasteiger partial charge is 0.348 e. The minimum absolute atomic E-state index is 0.195. The molecule has 0 saturated heterocycles. The zero-order valence-electron chi connectivity index (χ0n) is 12.6. The molecular weight excluding hydrogens is 316 g/mol. The molecule has 2 rings (SSSR count). The Morgan fingerprint density at radius 3 is 2.61 bits per heavy atom. The first-order valence-corrected chi connectivity index (χ1v) is 7.48. The zero-order valence-corrected chi connectivity index (χ0v) is 13.4. The maximum Gasteiger partial charge on any atom is 0.348 e. The van der Waals surface area contributed by atoms with Gasteiger partial charge in [-0.3, -0.25) is 4.79 Å². The Morgan fingerprint density at radius 1 is 1.30 bits per heavy atom. The molecule has 0 atom stereocenters. The van der Waals surface area contributed by atoms with Crippen molar-refractivity contribution < 1.29 is 19.1 Å². The van der Waals surface area contributed by atoms with Gasteiger partial charge in [0.1, 0.15) is 21.7 Å². The van der Waals surface area contributed by atoms with Crippen LogP contribution in [0.2, 0.25) is 0 Å². The van der Waals surface area contributed by atoms with E-state index < -0.39 is 11.9 Å². The van der Waals surface area contributed by atoms with Gasteiger partial charge in [0.05, 0.1) is 12.7 Å². The Bertz CT molecular complexity index is 762. The van der Waals surface area contributed by atoms with Crippen LogP contribution in [0.1, 0.15) is 20.8 Å². The number of carbonyl (C=O) groups excluding carboxylic acids is 2. The van der Waals surface area contributed by atoms with Crippen LogP contribution in [0, 0.1) is 18.3 Å². The fourth-order valence-electron chi connectivity index (χ4n) is 1.85. The maximum atomic E-state index is 12.0. The van der Waals surface area contributed by atoms with Crippen molar-refractivity contribution in [2.24, 2.45) is 0 Å². The first kappa shape index (κ1) is 16.5. The van der Waals surface area contributed by atoms with Crippen molar-refractivity contribution in [2.75, 3.05) is 19.0 Å². The number of ether oxygens (including phenoxy) is 2. The summed E-state index contributed by atoms with van der Waals surface area (Å²) in [5.74, 6) is -0.381. The van der Waals surface area contributed by atoms with Gasteiger partial charge in [-0.2, -0.15) is 5.26 Å². The van der Waals surface area contributed by atoms with Crippen LogP contribution in [-0.4, -0.2) is 25.6 Å². The van der Waals surface area contributed by atoms with Crippen LogP contribution in [0.3, 0.4) is 0 Å². The summed E-state index contributed by atoms with van der Waals surface area (Å²) in [7, 11) is 1.26. The van der Waals surface area contributed by atoms with Crippen LogP contribution in [-0.2, 0) is 9.53 Å². The van der Waals surface area contributed by atoms with Gasteiger partial charge in [-0.1, -0.05) is 18.2 Å². The number of hydrogen-bond acceptors (Lipinski definition) is 6. The molecule has 0 unspecified atom stereocenters. The molecule has 0 aliphatic heterocycles. The number of benzene rings is 1. The summed E-state index contributed by atoms with van der Waals surface area (Å²) in [5, 5.41) is 12.1. The second-order valence-electron chi connectivity index (χ2n) is 4.51. The summed E-state index contributed by atoms with van der Waals surface area (Å²) < 4.78 is 10.0. The van der Waals surface area contributed by atoms with Crippen molar-refractivity contribution in [2.45, 2.75) is 6.92 Å². The molecule has 1 aromatic carbocycles. The van der Waals surface area contributed by atoms with Crippen molar-refractivity contribution >= 4 is 28.2 Å². The van der Waals surface area contributed by atoms with E-state index in [4.69, 9.17) is 4.74 Å². The van der Waals surface area contributed by atoms with E-state index in [9.17, 15) is 14.9 Å². The molecule has 7 heteroatoms. The molecular formula is C16H14N2O4S. The number of hydrogen-bond donors (Lipinski definition) is 1. The zero-order chi connectivity index (χ0) is 16.8. The summed E-state index contributed by atoms with van der Waals surface area (Å²) in [6.07, 6.45) is 0. The van der Waals surface area contributed by atoms with Gasteiger partial charge in [0, 0.05) is 0 Å². The Balaban J connectivity index is 2.09. The number of anilines is 1. The highest BCUT2D eigenvalue weighted by atomic mass is 32.1. The van der Waals surface area contributed by atoms with Crippen LogP contribution in [0.5, 0.6) is 5.75 Å². The van der Waals surface area contributed by atoms with Gasteiger partial charge in [-0.05, 0) is 24.6 Å². The average Bonchev–Trinajstić information content (AvgIpc) is 2.88. The third-order valence-corrected chi connectivity index (χ3v) is 4.18. The summed E-state index contributed by atoms with van der Waals surface area (Å²) in [5.41, 5.74) is 0.743. The van der Waals surface area contributed by atoms with Crippen LogP contribution < -0.4 is 10.1 Å². The molecule has 0 spiro atoms. The predicted molar refractivity (Wildman–Crippen MR) is 85.7 cm³/mol. The van der Waals surface area contributed by atoms with E-state index in [1.165, 1.54) is 7.11 Å². The van der Waals surface area contributed by atoms with Crippen LogP contribution in [0.15, 0.2) is 30.3 Å². The summed E-state index contributed by atoms with van der Waals surface area (Å²) in [6, 6.07) is 10.9. The second-order valence-corrected chi connectivity index (χ2v) is 5.53. The van der Waals surface area contributed by atoms with Gasteiger partial charge >= 0.3 is 5.97 Å². The number of nitrogens with zero attached hydrogens (tertiary/aromatic N) is 1. The van der Waals surface area contributed by atoms with Gasteiger partial charge in [-0.25, -0.2) is 4.79 Å². The first-order chi connectivity index (χ1) is 11.1. The van der Waals surface area contributed by atoms with E-state index in [1.54, 1.807) is 31.2 Å². The third-order valence-electron chi connectivity index (χ3n) is 3.00. The highest BCUT2D eigenvalue weighted by molar-refractivity contribution is 7.18. The molecule has 1 aromatic heterocycles. The minimum Gasteiger partial charge on any atom is -0.484 e. The summed E-state index contributed by atoms with van der Waals surface area (Å²) in [6.45, 7) is 1.44. The highest BCUT2D eigenvalue weighted by Crippen LogP contribution is 2.32. The first-order valence-electron chi connectivity index (χ1n) is 6.66. The molecule has 1 amide bonds. The molecule has 0 fully saturated rings. The molecule has 0 aliphatic carbocycles. The van der Waals surface area contributed by atoms with Crippen LogP contribution >= 0.6 is 11.3 Å². The Morgan fingerprint density at radius 2 is 2.00 bits per heavy atom. The number of thiophene rings is 1. The Hall–Kier alpha value is -2.85. The Labute approximate surface area is 137 Å². The van der Waals surface area contributed by atoms with E-state index in [-0.39, 0.29) is 12.2 Å². The molecule has 0 saturated carbocycles. The quantitative estimate of drug-likeness (QED) is 0.852. The van der Waals surface area contributed by atoms with Crippen molar-refractivity contribution in [3.05, 3.63) is 46.3 Å². The molecule has 6 nitrogen and oxygen atoms in total. The molecule has 0 radical (unpaired) electrons. The lowest BCUT2D eigenvalue weighted by Gasteiger charge is -2.06. The molecule has 118 valence electrons.